The Morgan fingerprint density at radius 3 is 2.80 bits per heavy atom. The molecule has 2 heterocycles. The molecule has 0 saturated carbocycles. The molecule has 0 unspecified atom stereocenters. The summed E-state index contributed by atoms with van der Waals surface area (Å²) in [5.41, 5.74) is 11.9. The number of rotatable bonds is 2. The number of thiazole rings is 1. The van der Waals surface area contributed by atoms with Crippen molar-refractivity contribution < 1.29 is 4.79 Å². The van der Waals surface area contributed by atoms with E-state index in [1.165, 1.54) is 22.2 Å². The summed E-state index contributed by atoms with van der Waals surface area (Å²) in [5, 5.41) is 6.50. The van der Waals surface area contributed by atoms with E-state index in [4.69, 9.17) is 11.5 Å². The van der Waals surface area contributed by atoms with Crippen molar-refractivity contribution in [3.63, 3.8) is 0 Å². The minimum atomic E-state index is -0.639. The van der Waals surface area contributed by atoms with Crippen molar-refractivity contribution in [3.8, 4) is 5.13 Å². The van der Waals surface area contributed by atoms with E-state index >= 15 is 0 Å². The molecule has 2 rings (SSSR count). The highest BCUT2D eigenvalue weighted by Gasteiger charge is 2.13. The quantitative estimate of drug-likeness (QED) is 0.765. The molecule has 6 nitrogen and oxygen atoms in total. The molecule has 0 aliphatic heterocycles. The summed E-state index contributed by atoms with van der Waals surface area (Å²) in [7, 11) is 0. The van der Waals surface area contributed by atoms with Gasteiger partial charge in [0, 0.05) is 5.38 Å². The van der Waals surface area contributed by atoms with Gasteiger partial charge in [-0.15, -0.1) is 11.3 Å². The first kappa shape index (κ1) is 9.66. The fourth-order valence-corrected chi connectivity index (χ4v) is 1.85. The van der Waals surface area contributed by atoms with Crippen molar-refractivity contribution in [2.45, 2.75) is 6.92 Å². The number of aryl methyl sites for hydroxylation is 1. The zero-order chi connectivity index (χ0) is 11.0. The van der Waals surface area contributed by atoms with E-state index in [9.17, 15) is 4.79 Å². The molecule has 0 spiro atoms. The van der Waals surface area contributed by atoms with E-state index in [1.54, 1.807) is 0 Å². The molecule has 7 heteroatoms. The van der Waals surface area contributed by atoms with Crippen LogP contribution in [0.4, 0.5) is 5.69 Å². The molecular formula is C8H9N5OS. The topological polar surface area (TPSA) is 99.8 Å². The molecule has 0 aliphatic carbocycles. The summed E-state index contributed by atoms with van der Waals surface area (Å²) in [6, 6.07) is 0. The first-order valence-electron chi connectivity index (χ1n) is 4.15. The highest BCUT2D eigenvalue weighted by molar-refractivity contribution is 7.12. The van der Waals surface area contributed by atoms with Crippen molar-refractivity contribution in [1.82, 2.24) is 14.8 Å². The van der Waals surface area contributed by atoms with Gasteiger partial charge in [0.2, 0.25) is 5.13 Å². The van der Waals surface area contributed by atoms with Gasteiger partial charge in [0.05, 0.1) is 17.6 Å². The monoisotopic (exact) mass is 223 g/mol. The molecule has 4 N–H and O–H groups in total. The van der Waals surface area contributed by atoms with Crippen LogP contribution in [-0.2, 0) is 0 Å². The number of carbonyl (C=O) groups is 1. The molecule has 1 amide bonds. The van der Waals surface area contributed by atoms with Gasteiger partial charge in [-0.05, 0) is 6.92 Å². The fraction of sp³-hybridized carbons (Fsp3) is 0.125. The highest BCUT2D eigenvalue weighted by Crippen LogP contribution is 2.17. The van der Waals surface area contributed by atoms with Crippen LogP contribution in [0.15, 0.2) is 11.6 Å². The Balaban J connectivity index is 2.46. The maximum Gasteiger partial charge on any atom is 0.271 e. The van der Waals surface area contributed by atoms with Crippen LogP contribution < -0.4 is 11.5 Å². The molecule has 2 aromatic heterocycles. The fourth-order valence-electron chi connectivity index (χ4n) is 1.12. The lowest BCUT2D eigenvalue weighted by Gasteiger charge is -1.91. The zero-order valence-corrected chi connectivity index (χ0v) is 8.78. The third-order valence-electron chi connectivity index (χ3n) is 1.78. The molecule has 2 aromatic rings. The van der Waals surface area contributed by atoms with Gasteiger partial charge in [-0.1, -0.05) is 0 Å². The smallest absolute Gasteiger partial charge is 0.271 e. The van der Waals surface area contributed by atoms with Gasteiger partial charge in [0.1, 0.15) is 0 Å². The average Bonchev–Trinajstić information content (AvgIpc) is 2.71. The SMILES string of the molecule is Cc1csc(-n2cc(N)c(C(N)=O)n2)n1. The van der Waals surface area contributed by atoms with Crippen molar-refractivity contribution in [2.24, 2.45) is 5.73 Å². The lowest BCUT2D eigenvalue weighted by atomic mass is 10.4. The summed E-state index contributed by atoms with van der Waals surface area (Å²) in [5.74, 6) is -0.639. The highest BCUT2D eigenvalue weighted by atomic mass is 32.1. The molecule has 0 radical (unpaired) electrons. The second-order valence-electron chi connectivity index (χ2n) is 3.01. The number of hydrogen-bond donors (Lipinski definition) is 2. The van der Waals surface area contributed by atoms with Gasteiger partial charge >= 0.3 is 0 Å². The van der Waals surface area contributed by atoms with E-state index < -0.39 is 5.91 Å². The molecule has 78 valence electrons. The van der Waals surface area contributed by atoms with Crippen molar-refractivity contribution in [2.75, 3.05) is 5.73 Å². The predicted molar refractivity (Wildman–Crippen MR) is 56.9 cm³/mol. The summed E-state index contributed by atoms with van der Waals surface area (Å²) in [6.45, 7) is 1.88. The number of nitrogens with zero attached hydrogens (tertiary/aromatic N) is 3. The Hall–Kier alpha value is -1.89. The number of aromatic nitrogens is 3. The van der Waals surface area contributed by atoms with Crippen LogP contribution in [-0.4, -0.2) is 20.7 Å². The Kier molecular flexibility index (Phi) is 2.16. The molecule has 0 bridgehead atoms. The minimum Gasteiger partial charge on any atom is -0.396 e. The second kappa shape index (κ2) is 3.35. The Bertz CT molecular complexity index is 515. The van der Waals surface area contributed by atoms with Gasteiger partial charge in [0.15, 0.2) is 5.69 Å². The van der Waals surface area contributed by atoms with Gasteiger partial charge in [0.25, 0.3) is 5.91 Å². The number of carbonyl (C=O) groups excluding carboxylic acids is 1. The third kappa shape index (κ3) is 1.68. The van der Waals surface area contributed by atoms with E-state index in [0.29, 0.717) is 5.13 Å². The summed E-state index contributed by atoms with van der Waals surface area (Å²) < 4.78 is 1.45. The molecule has 0 aromatic carbocycles. The van der Waals surface area contributed by atoms with Crippen molar-refractivity contribution in [3.05, 3.63) is 23.0 Å². The summed E-state index contributed by atoms with van der Waals surface area (Å²) in [4.78, 5) is 15.1. The average molecular weight is 223 g/mol. The number of hydrogen-bond acceptors (Lipinski definition) is 5. The largest absolute Gasteiger partial charge is 0.396 e. The van der Waals surface area contributed by atoms with Crippen LogP contribution in [0.3, 0.4) is 0 Å². The molecule has 0 aliphatic rings. The van der Waals surface area contributed by atoms with E-state index in [1.807, 2.05) is 12.3 Å². The molecule has 0 saturated heterocycles. The number of amides is 1. The van der Waals surface area contributed by atoms with Crippen LogP contribution in [0.1, 0.15) is 16.2 Å². The number of anilines is 1. The van der Waals surface area contributed by atoms with Crippen LogP contribution in [0, 0.1) is 6.92 Å². The van der Waals surface area contributed by atoms with Gasteiger partial charge in [-0.2, -0.15) is 5.10 Å². The molecule has 15 heavy (non-hydrogen) atoms. The predicted octanol–water partition coefficient (Wildman–Crippen LogP) is 0.318. The molecule has 0 fully saturated rings. The van der Waals surface area contributed by atoms with Crippen LogP contribution in [0.25, 0.3) is 5.13 Å². The lowest BCUT2D eigenvalue weighted by Crippen LogP contribution is -2.13. The third-order valence-corrected chi connectivity index (χ3v) is 2.73. The number of primary amides is 1. The van der Waals surface area contributed by atoms with Crippen molar-refractivity contribution >= 4 is 22.9 Å². The van der Waals surface area contributed by atoms with E-state index in [2.05, 4.69) is 10.1 Å². The number of nitrogen functional groups attached to an aromatic ring is 1. The number of nitrogens with two attached hydrogens (primary N) is 2. The van der Waals surface area contributed by atoms with Gasteiger partial charge < -0.3 is 11.5 Å². The first-order chi connectivity index (χ1) is 7.08. The lowest BCUT2D eigenvalue weighted by molar-refractivity contribution is 0.0996. The normalized spacial score (nSPS) is 10.5. The zero-order valence-electron chi connectivity index (χ0n) is 7.97. The summed E-state index contributed by atoms with van der Waals surface area (Å²) in [6.07, 6.45) is 1.53. The maximum absolute atomic E-state index is 10.9. The Morgan fingerprint density at radius 1 is 1.60 bits per heavy atom. The standard InChI is InChI=1S/C8H9N5OS/c1-4-3-15-8(11-4)13-2-5(9)6(12-13)7(10)14/h2-3H,9H2,1H3,(H2,10,14). The van der Waals surface area contributed by atoms with Crippen LogP contribution in [0.5, 0.6) is 0 Å². The molecule has 0 atom stereocenters. The molecular weight excluding hydrogens is 214 g/mol. The van der Waals surface area contributed by atoms with E-state index in [0.717, 1.165) is 5.69 Å². The Labute approximate surface area is 89.5 Å². The Morgan fingerprint density at radius 2 is 2.33 bits per heavy atom. The minimum absolute atomic E-state index is 0.0721. The summed E-state index contributed by atoms with van der Waals surface area (Å²) >= 11 is 1.42. The van der Waals surface area contributed by atoms with E-state index in [-0.39, 0.29) is 11.4 Å². The second-order valence-corrected chi connectivity index (χ2v) is 3.85. The maximum atomic E-state index is 10.9. The van der Waals surface area contributed by atoms with Crippen molar-refractivity contribution in [1.29, 1.82) is 0 Å². The van der Waals surface area contributed by atoms with Crippen LogP contribution in [0.2, 0.25) is 0 Å². The van der Waals surface area contributed by atoms with Gasteiger partial charge in [-0.25, -0.2) is 9.67 Å². The first-order valence-corrected chi connectivity index (χ1v) is 5.03. The van der Waals surface area contributed by atoms with Crippen LogP contribution >= 0.6 is 11.3 Å². The van der Waals surface area contributed by atoms with Gasteiger partial charge in [-0.3, -0.25) is 4.79 Å².